The standard InChI is InChI=1S/C19H27N3O2/c1-13(2)17-11-16(21-22(17)19(3,4)5)18(23)20-12-14-8-7-9-15(10-14)24-6/h7-11,13H,12H2,1-6H3,(H,20,23). The third-order valence-corrected chi connectivity index (χ3v) is 3.78. The highest BCUT2D eigenvalue weighted by Crippen LogP contribution is 2.23. The molecule has 1 aromatic heterocycles. The largest absolute Gasteiger partial charge is 0.497 e. The molecule has 0 aliphatic carbocycles. The van der Waals surface area contributed by atoms with Gasteiger partial charge in [-0.2, -0.15) is 5.10 Å². The van der Waals surface area contributed by atoms with Crippen molar-refractivity contribution >= 4 is 5.91 Å². The summed E-state index contributed by atoms with van der Waals surface area (Å²) in [5.41, 5.74) is 2.35. The highest BCUT2D eigenvalue weighted by Gasteiger charge is 2.23. The smallest absolute Gasteiger partial charge is 0.272 e. The number of benzene rings is 1. The van der Waals surface area contributed by atoms with E-state index in [0.29, 0.717) is 18.2 Å². The molecule has 0 atom stereocenters. The van der Waals surface area contributed by atoms with E-state index < -0.39 is 0 Å². The predicted octanol–water partition coefficient (Wildman–Crippen LogP) is 3.70. The first-order valence-corrected chi connectivity index (χ1v) is 8.24. The van der Waals surface area contributed by atoms with Gasteiger partial charge < -0.3 is 10.1 Å². The number of amides is 1. The van der Waals surface area contributed by atoms with Crippen molar-refractivity contribution in [2.24, 2.45) is 0 Å². The highest BCUT2D eigenvalue weighted by molar-refractivity contribution is 5.92. The fourth-order valence-corrected chi connectivity index (χ4v) is 2.51. The molecule has 2 rings (SSSR count). The van der Waals surface area contributed by atoms with E-state index in [1.807, 2.05) is 35.0 Å². The second-order valence-corrected chi connectivity index (χ2v) is 7.23. The number of ether oxygens (including phenoxy) is 1. The molecule has 1 heterocycles. The molecular weight excluding hydrogens is 302 g/mol. The lowest BCUT2D eigenvalue weighted by molar-refractivity contribution is 0.0944. The monoisotopic (exact) mass is 329 g/mol. The van der Waals surface area contributed by atoms with Crippen LogP contribution < -0.4 is 10.1 Å². The molecule has 0 aliphatic heterocycles. The molecule has 2 aromatic rings. The maximum Gasteiger partial charge on any atom is 0.272 e. The first-order valence-electron chi connectivity index (χ1n) is 8.24. The lowest BCUT2D eigenvalue weighted by Gasteiger charge is -2.23. The zero-order valence-corrected chi connectivity index (χ0v) is 15.4. The zero-order chi connectivity index (χ0) is 17.9. The van der Waals surface area contributed by atoms with Gasteiger partial charge in [0.25, 0.3) is 5.91 Å². The Kier molecular flexibility index (Phi) is 5.32. The summed E-state index contributed by atoms with van der Waals surface area (Å²) >= 11 is 0. The average Bonchev–Trinajstić information content (AvgIpc) is 2.98. The van der Waals surface area contributed by atoms with Gasteiger partial charge in [0.15, 0.2) is 0 Å². The van der Waals surface area contributed by atoms with E-state index in [-0.39, 0.29) is 11.4 Å². The van der Waals surface area contributed by atoms with Crippen molar-refractivity contribution in [2.45, 2.75) is 52.6 Å². The van der Waals surface area contributed by atoms with E-state index in [9.17, 15) is 4.79 Å². The minimum absolute atomic E-state index is 0.162. The van der Waals surface area contributed by atoms with Crippen LogP contribution in [0.25, 0.3) is 0 Å². The van der Waals surface area contributed by atoms with Gasteiger partial charge in [0.2, 0.25) is 0 Å². The quantitative estimate of drug-likeness (QED) is 0.910. The van der Waals surface area contributed by atoms with Crippen LogP contribution in [0.3, 0.4) is 0 Å². The van der Waals surface area contributed by atoms with E-state index >= 15 is 0 Å². The molecule has 0 aliphatic rings. The number of carbonyl (C=O) groups is 1. The summed E-state index contributed by atoms with van der Waals surface area (Å²) < 4.78 is 7.14. The van der Waals surface area contributed by atoms with Gasteiger partial charge in [-0.15, -0.1) is 0 Å². The number of aromatic nitrogens is 2. The van der Waals surface area contributed by atoms with Gasteiger partial charge in [0.05, 0.1) is 12.6 Å². The minimum atomic E-state index is -0.164. The number of hydrogen-bond donors (Lipinski definition) is 1. The van der Waals surface area contributed by atoms with Crippen LogP contribution >= 0.6 is 0 Å². The molecule has 0 fully saturated rings. The van der Waals surface area contributed by atoms with Crippen LogP contribution in [0.4, 0.5) is 0 Å². The Bertz CT molecular complexity index is 712. The fourth-order valence-electron chi connectivity index (χ4n) is 2.51. The molecule has 0 radical (unpaired) electrons. The van der Waals surface area contributed by atoms with Crippen LogP contribution in [-0.4, -0.2) is 22.8 Å². The maximum atomic E-state index is 12.5. The minimum Gasteiger partial charge on any atom is -0.497 e. The van der Waals surface area contributed by atoms with Crippen molar-refractivity contribution in [3.05, 3.63) is 47.3 Å². The van der Waals surface area contributed by atoms with Gasteiger partial charge >= 0.3 is 0 Å². The molecule has 5 nitrogen and oxygen atoms in total. The zero-order valence-electron chi connectivity index (χ0n) is 15.4. The van der Waals surface area contributed by atoms with Crippen molar-refractivity contribution in [2.75, 3.05) is 7.11 Å². The van der Waals surface area contributed by atoms with Crippen molar-refractivity contribution in [1.29, 1.82) is 0 Å². The Morgan fingerprint density at radius 3 is 2.54 bits per heavy atom. The van der Waals surface area contributed by atoms with Crippen LogP contribution in [0.2, 0.25) is 0 Å². The fraction of sp³-hybridized carbons (Fsp3) is 0.474. The second-order valence-electron chi connectivity index (χ2n) is 7.23. The lowest BCUT2D eigenvalue weighted by Crippen LogP contribution is -2.27. The van der Waals surface area contributed by atoms with Gasteiger partial charge in [0, 0.05) is 12.2 Å². The Hall–Kier alpha value is -2.30. The number of nitrogens with one attached hydrogen (secondary N) is 1. The summed E-state index contributed by atoms with van der Waals surface area (Å²) in [6, 6.07) is 9.54. The van der Waals surface area contributed by atoms with Crippen LogP contribution in [-0.2, 0) is 12.1 Å². The van der Waals surface area contributed by atoms with E-state index in [0.717, 1.165) is 17.0 Å². The third-order valence-electron chi connectivity index (χ3n) is 3.78. The Morgan fingerprint density at radius 2 is 2.00 bits per heavy atom. The van der Waals surface area contributed by atoms with Crippen molar-refractivity contribution in [1.82, 2.24) is 15.1 Å². The predicted molar refractivity (Wildman–Crippen MR) is 95.5 cm³/mol. The second kappa shape index (κ2) is 7.07. The Morgan fingerprint density at radius 1 is 1.29 bits per heavy atom. The summed E-state index contributed by atoms with van der Waals surface area (Å²) in [4.78, 5) is 12.5. The van der Waals surface area contributed by atoms with Crippen LogP contribution in [0, 0.1) is 0 Å². The van der Waals surface area contributed by atoms with Crippen molar-refractivity contribution in [3.63, 3.8) is 0 Å². The van der Waals surface area contributed by atoms with Gasteiger partial charge in [-0.3, -0.25) is 9.48 Å². The van der Waals surface area contributed by atoms with E-state index in [4.69, 9.17) is 4.74 Å². The Labute approximate surface area is 144 Å². The maximum absolute atomic E-state index is 12.5. The topological polar surface area (TPSA) is 56.1 Å². The lowest BCUT2D eigenvalue weighted by atomic mass is 10.1. The number of carbonyl (C=O) groups excluding carboxylic acids is 1. The van der Waals surface area contributed by atoms with Gasteiger partial charge in [-0.1, -0.05) is 26.0 Å². The molecule has 0 spiro atoms. The molecule has 24 heavy (non-hydrogen) atoms. The summed E-state index contributed by atoms with van der Waals surface area (Å²) in [5.74, 6) is 0.917. The molecule has 0 bridgehead atoms. The molecule has 0 unspecified atom stereocenters. The molecule has 1 N–H and O–H groups in total. The average molecular weight is 329 g/mol. The molecule has 130 valence electrons. The van der Waals surface area contributed by atoms with Gasteiger partial charge in [-0.25, -0.2) is 0 Å². The van der Waals surface area contributed by atoms with Crippen LogP contribution in [0.5, 0.6) is 5.75 Å². The molecule has 5 heteroatoms. The summed E-state index contributed by atoms with van der Waals surface area (Å²) in [6.45, 7) is 10.9. The number of methoxy groups -OCH3 is 1. The van der Waals surface area contributed by atoms with E-state index in [2.05, 4.69) is 45.0 Å². The number of rotatable bonds is 5. The molecule has 1 amide bonds. The van der Waals surface area contributed by atoms with Crippen molar-refractivity contribution in [3.8, 4) is 5.75 Å². The number of nitrogens with zero attached hydrogens (tertiary/aromatic N) is 2. The summed E-state index contributed by atoms with van der Waals surface area (Å²) in [7, 11) is 1.63. The first-order chi connectivity index (χ1) is 11.2. The molecule has 0 saturated heterocycles. The van der Waals surface area contributed by atoms with Crippen LogP contribution in [0.15, 0.2) is 30.3 Å². The first kappa shape index (κ1) is 18.0. The Balaban J connectivity index is 2.15. The molecular formula is C19H27N3O2. The molecule has 1 aromatic carbocycles. The van der Waals surface area contributed by atoms with Gasteiger partial charge in [0.1, 0.15) is 11.4 Å². The van der Waals surface area contributed by atoms with Crippen LogP contribution in [0.1, 0.15) is 62.3 Å². The normalized spacial score (nSPS) is 11.6. The van der Waals surface area contributed by atoms with Crippen molar-refractivity contribution < 1.29 is 9.53 Å². The molecule has 0 saturated carbocycles. The van der Waals surface area contributed by atoms with E-state index in [1.54, 1.807) is 7.11 Å². The SMILES string of the molecule is COc1cccc(CNC(=O)c2cc(C(C)C)n(C(C)(C)C)n2)c1. The van der Waals surface area contributed by atoms with E-state index in [1.165, 1.54) is 0 Å². The van der Waals surface area contributed by atoms with Gasteiger partial charge in [-0.05, 0) is 50.5 Å². The highest BCUT2D eigenvalue weighted by atomic mass is 16.5. The third kappa shape index (κ3) is 4.16. The summed E-state index contributed by atoms with van der Waals surface area (Å²) in [6.07, 6.45) is 0. The summed E-state index contributed by atoms with van der Waals surface area (Å²) in [5, 5.41) is 7.46. The number of hydrogen-bond acceptors (Lipinski definition) is 3.